The van der Waals surface area contributed by atoms with E-state index in [0.29, 0.717) is 12.2 Å². The van der Waals surface area contributed by atoms with Crippen molar-refractivity contribution in [3.8, 4) is 11.3 Å². The lowest BCUT2D eigenvalue weighted by atomic mass is 10.1. The first kappa shape index (κ1) is 15.2. The van der Waals surface area contributed by atoms with Gasteiger partial charge in [0.25, 0.3) is 0 Å². The molecule has 2 aromatic rings. The van der Waals surface area contributed by atoms with Crippen molar-refractivity contribution in [1.82, 2.24) is 24.9 Å². The van der Waals surface area contributed by atoms with Gasteiger partial charge in [-0.3, -0.25) is 0 Å². The molecular weight excluding hydrogens is 301 g/mol. The summed E-state index contributed by atoms with van der Waals surface area (Å²) in [6.07, 6.45) is 0.247. The molecule has 0 spiro atoms. The van der Waals surface area contributed by atoms with Crippen LogP contribution in [0.2, 0.25) is 5.15 Å². The summed E-state index contributed by atoms with van der Waals surface area (Å²) >= 11 is 5.67. The van der Waals surface area contributed by atoms with Gasteiger partial charge in [-0.05, 0) is 13.0 Å². The highest BCUT2D eigenvalue weighted by molar-refractivity contribution is 6.29. The topological polar surface area (TPSA) is 84.1 Å². The summed E-state index contributed by atoms with van der Waals surface area (Å²) in [6.45, 7) is 2.29. The molecule has 0 radical (unpaired) electrons. The van der Waals surface area contributed by atoms with Gasteiger partial charge in [-0.1, -0.05) is 11.6 Å². The summed E-state index contributed by atoms with van der Waals surface area (Å²) in [5, 5.41) is 17.0. The predicted octanol–water partition coefficient (Wildman–Crippen LogP) is 2.26. The van der Waals surface area contributed by atoms with Crippen molar-refractivity contribution in [2.75, 3.05) is 7.05 Å². The van der Waals surface area contributed by atoms with Gasteiger partial charge in [0.1, 0.15) is 11.4 Å². The van der Waals surface area contributed by atoms with Crippen molar-refractivity contribution in [1.29, 1.82) is 0 Å². The number of carboxylic acid groups (broad SMARTS) is 1. The zero-order valence-corrected chi connectivity index (χ0v) is 12.2. The van der Waals surface area contributed by atoms with Gasteiger partial charge in [0.15, 0.2) is 11.0 Å². The zero-order valence-electron chi connectivity index (χ0n) is 11.4. The number of amides is 1. The van der Waals surface area contributed by atoms with Gasteiger partial charge in [0, 0.05) is 18.8 Å². The number of halogens is 2. The van der Waals surface area contributed by atoms with E-state index in [1.54, 1.807) is 0 Å². The van der Waals surface area contributed by atoms with Crippen LogP contribution >= 0.6 is 11.6 Å². The molecular formula is C12H13ClFN5O2. The maximum absolute atomic E-state index is 14.1. The molecule has 9 heteroatoms. The minimum atomic E-state index is -1.11. The van der Waals surface area contributed by atoms with Crippen LogP contribution in [0.3, 0.4) is 0 Å². The van der Waals surface area contributed by atoms with Crippen molar-refractivity contribution >= 4 is 17.7 Å². The first-order chi connectivity index (χ1) is 9.93. The van der Waals surface area contributed by atoms with Crippen LogP contribution in [0.25, 0.3) is 11.3 Å². The second-order valence-electron chi connectivity index (χ2n) is 4.29. The highest BCUT2D eigenvalue weighted by Crippen LogP contribution is 2.27. The second kappa shape index (κ2) is 6.04. The minimum absolute atomic E-state index is 0.00987. The molecule has 0 fully saturated rings. The van der Waals surface area contributed by atoms with Gasteiger partial charge < -0.3 is 10.0 Å². The Kier molecular flexibility index (Phi) is 4.37. The third-order valence-electron chi connectivity index (χ3n) is 2.82. The Labute approximate surface area is 125 Å². The first-order valence-electron chi connectivity index (χ1n) is 6.12. The molecule has 0 unspecified atom stereocenters. The van der Waals surface area contributed by atoms with Gasteiger partial charge in [0.2, 0.25) is 0 Å². The zero-order chi connectivity index (χ0) is 15.6. The standard InChI is InChI=1S/C12H13ClFN5O2/c1-3-19-16-8(6-18(2)12(20)21)10(17-19)7-4-5-15-11(13)9(7)14/h4-5H,3,6H2,1-2H3,(H,20,21). The fraction of sp³-hybridized carbons (Fsp3) is 0.333. The molecule has 0 saturated carbocycles. The largest absolute Gasteiger partial charge is 0.465 e. The maximum atomic E-state index is 14.1. The van der Waals surface area contributed by atoms with Crippen molar-refractivity contribution < 1.29 is 14.3 Å². The van der Waals surface area contributed by atoms with Crippen molar-refractivity contribution in [2.24, 2.45) is 0 Å². The number of hydrogen-bond donors (Lipinski definition) is 1. The van der Waals surface area contributed by atoms with E-state index in [9.17, 15) is 9.18 Å². The molecule has 1 amide bonds. The van der Waals surface area contributed by atoms with E-state index in [4.69, 9.17) is 16.7 Å². The normalized spacial score (nSPS) is 10.7. The van der Waals surface area contributed by atoms with Crippen LogP contribution in [0.4, 0.5) is 9.18 Å². The first-order valence-corrected chi connectivity index (χ1v) is 6.50. The lowest BCUT2D eigenvalue weighted by Gasteiger charge is -2.11. The van der Waals surface area contributed by atoms with Gasteiger partial charge >= 0.3 is 6.09 Å². The van der Waals surface area contributed by atoms with Gasteiger partial charge in [-0.25, -0.2) is 14.2 Å². The quantitative estimate of drug-likeness (QED) is 0.875. The van der Waals surface area contributed by atoms with Crippen LogP contribution in [0.1, 0.15) is 12.6 Å². The fourth-order valence-electron chi connectivity index (χ4n) is 1.73. The van der Waals surface area contributed by atoms with Gasteiger partial charge in [0.05, 0.1) is 13.1 Å². The molecule has 0 aliphatic carbocycles. The number of pyridine rings is 1. The third-order valence-corrected chi connectivity index (χ3v) is 3.09. The Morgan fingerprint density at radius 3 is 2.86 bits per heavy atom. The van der Waals surface area contributed by atoms with Crippen LogP contribution in [-0.4, -0.2) is 43.1 Å². The number of aryl methyl sites for hydroxylation is 1. The van der Waals surface area contributed by atoms with Crippen molar-refractivity contribution in [3.05, 3.63) is 28.9 Å². The maximum Gasteiger partial charge on any atom is 0.407 e. The minimum Gasteiger partial charge on any atom is -0.465 e. The molecule has 2 heterocycles. The van der Waals surface area contributed by atoms with E-state index in [-0.39, 0.29) is 23.0 Å². The van der Waals surface area contributed by atoms with Crippen LogP contribution in [-0.2, 0) is 13.1 Å². The molecule has 0 aliphatic rings. The average molecular weight is 314 g/mol. The predicted molar refractivity (Wildman–Crippen MR) is 73.4 cm³/mol. The molecule has 0 bridgehead atoms. The lowest BCUT2D eigenvalue weighted by Crippen LogP contribution is -2.24. The van der Waals surface area contributed by atoms with Crippen molar-refractivity contribution in [2.45, 2.75) is 20.0 Å². The Morgan fingerprint density at radius 2 is 2.24 bits per heavy atom. The molecule has 0 saturated heterocycles. The molecule has 2 aromatic heterocycles. The SMILES string of the molecule is CCn1nc(CN(C)C(=O)O)c(-c2ccnc(Cl)c2F)n1. The number of hydrogen-bond acceptors (Lipinski definition) is 4. The van der Waals surface area contributed by atoms with E-state index in [1.807, 2.05) is 6.92 Å². The number of rotatable bonds is 4. The third kappa shape index (κ3) is 3.10. The monoisotopic (exact) mass is 313 g/mol. The van der Waals surface area contributed by atoms with E-state index < -0.39 is 11.9 Å². The van der Waals surface area contributed by atoms with E-state index in [2.05, 4.69) is 15.2 Å². The summed E-state index contributed by atoms with van der Waals surface area (Å²) < 4.78 is 14.1. The van der Waals surface area contributed by atoms with E-state index >= 15 is 0 Å². The smallest absolute Gasteiger partial charge is 0.407 e. The molecule has 0 aromatic carbocycles. The number of nitrogens with zero attached hydrogens (tertiary/aromatic N) is 5. The molecule has 2 rings (SSSR count). The molecule has 0 atom stereocenters. The molecule has 1 N–H and O–H groups in total. The summed E-state index contributed by atoms with van der Waals surface area (Å²) in [5.41, 5.74) is 0.748. The summed E-state index contributed by atoms with van der Waals surface area (Å²) in [5.74, 6) is -0.707. The molecule has 21 heavy (non-hydrogen) atoms. The Morgan fingerprint density at radius 1 is 1.52 bits per heavy atom. The van der Waals surface area contributed by atoms with Crippen LogP contribution in [0, 0.1) is 5.82 Å². The Balaban J connectivity index is 2.49. The van der Waals surface area contributed by atoms with Crippen LogP contribution < -0.4 is 0 Å². The highest BCUT2D eigenvalue weighted by atomic mass is 35.5. The lowest BCUT2D eigenvalue weighted by molar-refractivity contribution is 0.153. The highest BCUT2D eigenvalue weighted by Gasteiger charge is 2.20. The molecule has 0 aliphatic heterocycles. The summed E-state index contributed by atoms with van der Waals surface area (Å²) in [7, 11) is 1.40. The Bertz CT molecular complexity index is 676. The molecule has 112 valence electrons. The van der Waals surface area contributed by atoms with Crippen molar-refractivity contribution in [3.63, 3.8) is 0 Å². The number of carbonyl (C=O) groups is 1. The van der Waals surface area contributed by atoms with Crippen LogP contribution in [0.15, 0.2) is 12.3 Å². The van der Waals surface area contributed by atoms with E-state index in [0.717, 1.165) is 4.90 Å². The van der Waals surface area contributed by atoms with Gasteiger partial charge in [-0.2, -0.15) is 15.0 Å². The average Bonchev–Trinajstić information content (AvgIpc) is 2.84. The van der Waals surface area contributed by atoms with Gasteiger partial charge in [-0.15, -0.1) is 0 Å². The summed E-state index contributed by atoms with van der Waals surface area (Å²) in [4.78, 5) is 17.0. The number of aromatic nitrogens is 4. The van der Waals surface area contributed by atoms with E-state index in [1.165, 1.54) is 24.1 Å². The summed E-state index contributed by atoms with van der Waals surface area (Å²) in [6, 6.07) is 1.43. The Hall–Kier alpha value is -2.22. The second-order valence-corrected chi connectivity index (χ2v) is 4.64. The van der Waals surface area contributed by atoms with Crippen LogP contribution in [0.5, 0.6) is 0 Å². The molecule has 7 nitrogen and oxygen atoms in total. The fourth-order valence-corrected chi connectivity index (χ4v) is 1.89.